The van der Waals surface area contributed by atoms with E-state index in [1.807, 2.05) is 13.8 Å². The van der Waals surface area contributed by atoms with Crippen molar-refractivity contribution in [3.05, 3.63) is 59.9 Å². The standard InChI is InChI=1S/C19H23FN2O3S/c1-3-13-22(14-4-2)19(23)15-5-11-18(12-6-15)26(24,25)21-17-9-7-16(20)8-10-17/h5-12,21H,3-4,13-14H2,1-2H3. The monoisotopic (exact) mass is 378 g/mol. The minimum absolute atomic E-state index is 0.0379. The molecule has 0 aromatic heterocycles. The zero-order valence-corrected chi connectivity index (χ0v) is 15.7. The molecule has 2 aromatic rings. The van der Waals surface area contributed by atoms with Crippen LogP contribution < -0.4 is 4.72 Å². The second-order valence-corrected chi connectivity index (χ2v) is 7.61. The van der Waals surface area contributed by atoms with Crippen molar-refractivity contribution in [2.45, 2.75) is 31.6 Å². The van der Waals surface area contributed by atoms with Crippen LogP contribution >= 0.6 is 0 Å². The number of rotatable bonds is 8. The smallest absolute Gasteiger partial charge is 0.261 e. The van der Waals surface area contributed by atoms with Crippen molar-refractivity contribution in [3.8, 4) is 0 Å². The molecule has 0 aliphatic rings. The number of amides is 1. The molecule has 0 heterocycles. The quantitative estimate of drug-likeness (QED) is 0.758. The summed E-state index contributed by atoms with van der Waals surface area (Å²) in [5.74, 6) is -0.552. The highest BCUT2D eigenvalue weighted by atomic mass is 32.2. The van der Waals surface area contributed by atoms with Gasteiger partial charge in [0.15, 0.2) is 0 Å². The van der Waals surface area contributed by atoms with E-state index in [0.29, 0.717) is 18.7 Å². The molecule has 2 aromatic carbocycles. The van der Waals surface area contributed by atoms with E-state index in [1.54, 1.807) is 4.90 Å². The maximum Gasteiger partial charge on any atom is 0.261 e. The molecule has 0 saturated heterocycles. The van der Waals surface area contributed by atoms with E-state index in [0.717, 1.165) is 12.8 Å². The van der Waals surface area contributed by atoms with Crippen molar-refractivity contribution in [3.63, 3.8) is 0 Å². The largest absolute Gasteiger partial charge is 0.339 e. The Bertz CT molecular complexity index is 828. The topological polar surface area (TPSA) is 66.5 Å². The Balaban J connectivity index is 2.16. The van der Waals surface area contributed by atoms with Gasteiger partial charge in [-0.15, -0.1) is 0 Å². The number of carbonyl (C=O) groups is 1. The minimum atomic E-state index is -3.81. The van der Waals surface area contributed by atoms with Gasteiger partial charge in [0.25, 0.3) is 15.9 Å². The number of hydrogen-bond donors (Lipinski definition) is 1. The first kappa shape index (κ1) is 19.9. The Kier molecular flexibility index (Phi) is 6.74. The number of nitrogens with one attached hydrogen (secondary N) is 1. The van der Waals surface area contributed by atoms with Crippen LogP contribution in [0, 0.1) is 5.82 Å². The molecule has 26 heavy (non-hydrogen) atoms. The average Bonchev–Trinajstić information content (AvgIpc) is 2.63. The predicted octanol–water partition coefficient (Wildman–Crippen LogP) is 3.89. The molecule has 1 N–H and O–H groups in total. The normalized spacial score (nSPS) is 11.2. The molecule has 0 atom stereocenters. The van der Waals surface area contributed by atoms with E-state index in [4.69, 9.17) is 0 Å². The first-order valence-corrected chi connectivity index (χ1v) is 10.0. The third-order valence-corrected chi connectivity index (χ3v) is 5.18. The summed E-state index contributed by atoms with van der Waals surface area (Å²) in [6.45, 7) is 5.34. The van der Waals surface area contributed by atoms with Gasteiger partial charge >= 0.3 is 0 Å². The molecule has 0 saturated carbocycles. The Hall–Kier alpha value is -2.41. The summed E-state index contributed by atoms with van der Waals surface area (Å²) < 4.78 is 40.1. The number of carbonyl (C=O) groups excluding carboxylic acids is 1. The summed E-state index contributed by atoms with van der Waals surface area (Å²) in [5.41, 5.74) is 0.719. The van der Waals surface area contributed by atoms with Gasteiger partial charge in [-0.05, 0) is 61.4 Å². The highest BCUT2D eigenvalue weighted by Crippen LogP contribution is 2.18. The Morgan fingerprint density at radius 3 is 2.00 bits per heavy atom. The zero-order chi connectivity index (χ0) is 19.2. The molecule has 0 aliphatic carbocycles. The summed E-state index contributed by atoms with van der Waals surface area (Å²) in [5, 5.41) is 0. The summed E-state index contributed by atoms with van der Waals surface area (Å²) in [7, 11) is -3.81. The van der Waals surface area contributed by atoms with E-state index >= 15 is 0 Å². The lowest BCUT2D eigenvalue weighted by Crippen LogP contribution is -2.32. The fraction of sp³-hybridized carbons (Fsp3) is 0.316. The molecule has 2 rings (SSSR count). The number of hydrogen-bond acceptors (Lipinski definition) is 3. The van der Waals surface area contributed by atoms with Crippen molar-refractivity contribution < 1.29 is 17.6 Å². The van der Waals surface area contributed by atoms with Crippen LogP contribution in [0.5, 0.6) is 0 Å². The van der Waals surface area contributed by atoms with Gasteiger partial charge in [0.05, 0.1) is 4.90 Å². The molecule has 0 bridgehead atoms. The molecule has 0 spiro atoms. The Labute approximate surface area is 153 Å². The van der Waals surface area contributed by atoms with Crippen LogP contribution in [0.4, 0.5) is 10.1 Å². The lowest BCUT2D eigenvalue weighted by Gasteiger charge is -2.21. The van der Waals surface area contributed by atoms with Gasteiger partial charge in [-0.3, -0.25) is 9.52 Å². The van der Waals surface area contributed by atoms with E-state index in [-0.39, 0.29) is 16.5 Å². The Morgan fingerprint density at radius 1 is 0.962 bits per heavy atom. The van der Waals surface area contributed by atoms with Gasteiger partial charge in [0, 0.05) is 24.3 Å². The fourth-order valence-corrected chi connectivity index (χ4v) is 3.60. The molecule has 0 radical (unpaired) electrons. The molecule has 0 unspecified atom stereocenters. The van der Waals surface area contributed by atoms with Crippen LogP contribution in [0.3, 0.4) is 0 Å². The molecule has 0 fully saturated rings. The molecule has 0 aliphatic heterocycles. The molecular formula is C19H23FN2O3S. The summed E-state index contributed by atoms with van der Waals surface area (Å²) >= 11 is 0. The Morgan fingerprint density at radius 2 is 1.50 bits per heavy atom. The van der Waals surface area contributed by atoms with Gasteiger partial charge in [-0.2, -0.15) is 0 Å². The van der Waals surface area contributed by atoms with Gasteiger partial charge in [0.2, 0.25) is 0 Å². The SMILES string of the molecule is CCCN(CCC)C(=O)c1ccc(S(=O)(=O)Nc2ccc(F)cc2)cc1. The van der Waals surface area contributed by atoms with Gasteiger partial charge in [0.1, 0.15) is 5.82 Å². The van der Waals surface area contributed by atoms with Gasteiger partial charge in [-0.25, -0.2) is 12.8 Å². The predicted molar refractivity (Wildman–Crippen MR) is 100 cm³/mol. The molecule has 7 heteroatoms. The van der Waals surface area contributed by atoms with Crippen LogP contribution in [0.2, 0.25) is 0 Å². The summed E-state index contributed by atoms with van der Waals surface area (Å²) in [4.78, 5) is 14.3. The fourth-order valence-electron chi connectivity index (χ4n) is 2.55. The first-order valence-electron chi connectivity index (χ1n) is 8.55. The minimum Gasteiger partial charge on any atom is -0.339 e. The van der Waals surface area contributed by atoms with E-state index in [9.17, 15) is 17.6 Å². The number of sulfonamides is 1. The van der Waals surface area contributed by atoms with Crippen LogP contribution in [-0.4, -0.2) is 32.3 Å². The second-order valence-electron chi connectivity index (χ2n) is 5.93. The van der Waals surface area contributed by atoms with Gasteiger partial charge in [-0.1, -0.05) is 13.8 Å². The van der Waals surface area contributed by atoms with E-state index in [1.165, 1.54) is 48.5 Å². The lowest BCUT2D eigenvalue weighted by molar-refractivity contribution is 0.0755. The first-order chi connectivity index (χ1) is 12.4. The molecular weight excluding hydrogens is 355 g/mol. The van der Waals surface area contributed by atoms with Crippen LogP contribution in [0.25, 0.3) is 0 Å². The number of nitrogens with zero attached hydrogens (tertiary/aromatic N) is 1. The zero-order valence-electron chi connectivity index (χ0n) is 14.9. The molecule has 5 nitrogen and oxygen atoms in total. The number of benzene rings is 2. The second kappa shape index (κ2) is 8.80. The van der Waals surface area contributed by atoms with Crippen molar-refractivity contribution >= 4 is 21.6 Å². The lowest BCUT2D eigenvalue weighted by atomic mass is 10.2. The van der Waals surface area contributed by atoms with Crippen molar-refractivity contribution in [2.24, 2.45) is 0 Å². The summed E-state index contributed by atoms with van der Waals surface area (Å²) in [6, 6.07) is 10.9. The van der Waals surface area contributed by atoms with Crippen molar-refractivity contribution in [2.75, 3.05) is 17.8 Å². The third kappa shape index (κ3) is 5.05. The molecule has 1 amide bonds. The number of halogens is 1. The highest BCUT2D eigenvalue weighted by Gasteiger charge is 2.17. The van der Waals surface area contributed by atoms with Crippen LogP contribution in [0.1, 0.15) is 37.0 Å². The van der Waals surface area contributed by atoms with Gasteiger partial charge < -0.3 is 4.90 Å². The molecule has 140 valence electrons. The van der Waals surface area contributed by atoms with Crippen LogP contribution in [0.15, 0.2) is 53.4 Å². The van der Waals surface area contributed by atoms with E-state index < -0.39 is 15.8 Å². The van der Waals surface area contributed by atoms with Crippen molar-refractivity contribution in [1.82, 2.24) is 4.90 Å². The maximum absolute atomic E-state index is 12.9. The third-order valence-electron chi connectivity index (χ3n) is 3.78. The summed E-state index contributed by atoms with van der Waals surface area (Å²) in [6.07, 6.45) is 1.72. The maximum atomic E-state index is 12.9. The van der Waals surface area contributed by atoms with E-state index in [2.05, 4.69) is 4.72 Å². The van der Waals surface area contributed by atoms with Crippen molar-refractivity contribution in [1.29, 1.82) is 0 Å². The van der Waals surface area contributed by atoms with Crippen LogP contribution in [-0.2, 0) is 10.0 Å². The highest BCUT2D eigenvalue weighted by molar-refractivity contribution is 7.92. The average molecular weight is 378 g/mol. The number of anilines is 1.